The molecule has 0 spiro atoms. The van der Waals surface area contributed by atoms with E-state index in [1.165, 1.54) is 24.3 Å². The SMILES string of the molecule is O=[N+]([O-])c1cccc(CNc2ccc(Cl)cc2F)c1F. The zero-order valence-electron chi connectivity index (χ0n) is 10.1. The average Bonchev–Trinajstić information content (AvgIpc) is 2.39. The van der Waals surface area contributed by atoms with Crippen molar-refractivity contribution in [1.29, 1.82) is 0 Å². The highest BCUT2D eigenvalue weighted by Gasteiger charge is 2.17. The first-order valence-corrected chi connectivity index (χ1v) is 5.97. The largest absolute Gasteiger partial charge is 0.378 e. The molecule has 0 bridgehead atoms. The van der Waals surface area contributed by atoms with Gasteiger partial charge in [-0.15, -0.1) is 0 Å². The topological polar surface area (TPSA) is 55.2 Å². The van der Waals surface area contributed by atoms with E-state index in [2.05, 4.69) is 5.32 Å². The summed E-state index contributed by atoms with van der Waals surface area (Å²) < 4.78 is 27.3. The minimum Gasteiger partial charge on any atom is -0.378 e. The molecule has 104 valence electrons. The van der Waals surface area contributed by atoms with Crippen LogP contribution >= 0.6 is 11.6 Å². The fraction of sp³-hybridized carbons (Fsp3) is 0.0769. The molecule has 0 unspecified atom stereocenters. The molecule has 2 aromatic carbocycles. The Kier molecular flexibility index (Phi) is 4.14. The molecule has 0 radical (unpaired) electrons. The van der Waals surface area contributed by atoms with Gasteiger partial charge in [0.2, 0.25) is 5.82 Å². The van der Waals surface area contributed by atoms with Crippen molar-refractivity contribution in [2.45, 2.75) is 6.54 Å². The zero-order chi connectivity index (χ0) is 14.7. The molecule has 0 saturated carbocycles. The molecule has 0 aliphatic heterocycles. The van der Waals surface area contributed by atoms with Gasteiger partial charge in [-0.3, -0.25) is 10.1 Å². The Hall–Kier alpha value is -2.21. The number of halogens is 3. The number of nitro groups is 1. The van der Waals surface area contributed by atoms with Crippen molar-refractivity contribution in [3.63, 3.8) is 0 Å². The summed E-state index contributed by atoms with van der Waals surface area (Å²) in [6.07, 6.45) is 0. The van der Waals surface area contributed by atoms with Gasteiger partial charge in [0.25, 0.3) is 0 Å². The maximum absolute atomic E-state index is 13.8. The minimum absolute atomic E-state index is 0.0773. The van der Waals surface area contributed by atoms with Gasteiger partial charge < -0.3 is 5.32 Å². The predicted molar refractivity (Wildman–Crippen MR) is 71.8 cm³/mol. The van der Waals surface area contributed by atoms with Crippen molar-refractivity contribution < 1.29 is 13.7 Å². The molecule has 0 fully saturated rings. The zero-order valence-corrected chi connectivity index (χ0v) is 10.8. The fourth-order valence-corrected chi connectivity index (χ4v) is 1.83. The monoisotopic (exact) mass is 298 g/mol. The van der Waals surface area contributed by atoms with Crippen LogP contribution in [0.1, 0.15) is 5.56 Å². The van der Waals surface area contributed by atoms with Crippen LogP contribution < -0.4 is 5.32 Å². The molecule has 0 amide bonds. The number of rotatable bonds is 4. The van der Waals surface area contributed by atoms with Crippen LogP contribution in [0.4, 0.5) is 20.2 Å². The van der Waals surface area contributed by atoms with Crippen LogP contribution in [0.25, 0.3) is 0 Å². The van der Waals surface area contributed by atoms with Crippen molar-refractivity contribution in [3.8, 4) is 0 Å². The van der Waals surface area contributed by atoms with Crippen LogP contribution in [0.3, 0.4) is 0 Å². The Morgan fingerprint density at radius 1 is 1.25 bits per heavy atom. The summed E-state index contributed by atoms with van der Waals surface area (Å²) in [6, 6.07) is 7.85. The number of benzene rings is 2. The number of nitrogens with one attached hydrogen (secondary N) is 1. The van der Waals surface area contributed by atoms with Crippen LogP contribution in [-0.4, -0.2) is 4.92 Å². The number of hydrogen-bond acceptors (Lipinski definition) is 3. The number of hydrogen-bond donors (Lipinski definition) is 1. The molecule has 2 rings (SSSR count). The van der Waals surface area contributed by atoms with E-state index >= 15 is 0 Å². The van der Waals surface area contributed by atoms with E-state index in [-0.39, 0.29) is 22.8 Å². The van der Waals surface area contributed by atoms with E-state index < -0.39 is 22.2 Å². The summed E-state index contributed by atoms with van der Waals surface area (Å²) in [5, 5.41) is 13.5. The number of anilines is 1. The lowest BCUT2D eigenvalue weighted by molar-refractivity contribution is -0.387. The highest BCUT2D eigenvalue weighted by Crippen LogP contribution is 2.23. The molecule has 7 heteroatoms. The van der Waals surface area contributed by atoms with Crippen molar-refractivity contribution in [2.75, 3.05) is 5.32 Å². The van der Waals surface area contributed by atoms with Gasteiger partial charge in [-0.2, -0.15) is 4.39 Å². The minimum atomic E-state index is -0.931. The van der Waals surface area contributed by atoms with E-state index in [0.29, 0.717) is 0 Å². The molecule has 0 aliphatic rings. The van der Waals surface area contributed by atoms with Crippen molar-refractivity contribution in [2.24, 2.45) is 0 Å². The summed E-state index contributed by atoms with van der Waals surface area (Å²) in [4.78, 5) is 9.81. The predicted octanol–water partition coefficient (Wildman–Crippen LogP) is 4.14. The van der Waals surface area contributed by atoms with Crippen LogP contribution in [0.15, 0.2) is 36.4 Å². The third kappa shape index (κ3) is 3.03. The molecule has 4 nitrogen and oxygen atoms in total. The summed E-state index contributed by atoms with van der Waals surface area (Å²) in [6.45, 7) is -0.0773. The van der Waals surface area contributed by atoms with E-state index in [1.807, 2.05) is 0 Å². The Bertz CT molecular complexity index is 665. The maximum atomic E-state index is 13.8. The molecular formula is C13H9ClF2N2O2. The van der Waals surface area contributed by atoms with Gasteiger partial charge >= 0.3 is 5.69 Å². The van der Waals surface area contributed by atoms with Gasteiger partial charge in [-0.1, -0.05) is 23.7 Å². The Morgan fingerprint density at radius 2 is 2.00 bits per heavy atom. The van der Waals surface area contributed by atoms with Crippen molar-refractivity contribution in [1.82, 2.24) is 0 Å². The first-order chi connectivity index (χ1) is 9.49. The Labute approximate surface area is 118 Å². The van der Waals surface area contributed by atoms with Gasteiger partial charge in [0.05, 0.1) is 10.6 Å². The second-order valence-electron chi connectivity index (χ2n) is 3.99. The third-order valence-corrected chi connectivity index (χ3v) is 2.89. The fourth-order valence-electron chi connectivity index (χ4n) is 1.67. The second-order valence-corrected chi connectivity index (χ2v) is 4.42. The summed E-state index contributed by atoms with van der Waals surface area (Å²) in [7, 11) is 0. The van der Waals surface area contributed by atoms with Gasteiger partial charge in [-0.25, -0.2) is 4.39 Å². The average molecular weight is 299 g/mol. The summed E-state index contributed by atoms with van der Waals surface area (Å²) >= 11 is 5.61. The van der Waals surface area contributed by atoms with E-state index in [9.17, 15) is 18.9 Å². The summed E-state index contributed by atoms with van der Waals surface area (Å²) in [5.41, 5.74) is -0.394. The van der Waals surface area contributed by atoms with E-state index in [4.69, 9.17) is 11.6 Å². The first-order valence-electron chi connectivity index (χ1n) is 5.59. The van der Waals surface area contributed by atoms with Crippen LogP contribution in [0, 0.1) is 21.7 Å². The Balaban J connectivity index is 2.19. The first kappa shape index (κ1) is 14.2. The van der Waals surface area contributed by atoms with E-state index in [0.717, 1.165) is 12.1 Å². The molecule has 0 saturated heterocycles. The summed E-state index contributed by atoms with van der Waals surface area (Å²) in [5.74, 6) is -1.51. The second kappa shape index (κ2) is 5.83. The van der Waals surface area contributed by atoms with Gasteiger partial charge in [0.15, 0.2) is 0 Å². The van der Waals surface area contributed by atoms with Gasteiger partial charge in [-0.05, 0) is 18.2 Å². The molecule has 2 aromatic rings. The molecule has 0 heterocycles. The van der Waals surface area contributed by atoms with Crippen LogP contribution in [-0.2, 0) is 6.54 Å². The smallest absolute Gasteiger partial charge is 0.305 e. The maximum Gasteiger partial charge on any atom is 0.305 e. The molecular weight excluding hydrogens is 290 g/mol. The normalized spacial score (nSPS) is 10.3. The van der Waals surface area contributed by atoms with Crippen LogP contribution in [0.5, 0.6) is 0 Å². The number of nitrogens with zero attached hydrogens (tertiary/aromatic N) is 1. The highest BCUT2D eigenvalue weighted by molar-refractivity contribution is 6.30. The van der Waals surface area contributed by atoms with Crippen molar-refractivity contribution >= 4 is 23.0 Å². The lowest BCUT2D eigenvalue weighted by Crippen LogP contribution is -2.05. The lowest BCUT2D eigenvalue weighted by Gasteiger charge is -2.08. The van der Waals surface area contributed by atoms with Crippen LogP contribution in [0.2, 0.25) is 5.02 Å². The molecule has 0 aliphatic carbocycles. The quantitative estimate of drug-likeness (QED) is 0.682. The third-order valence-electron chi connectivity index (χ3n) is 2.66. The highest BCUT2D eigenvalue weighted by atomic mass is 35.5. The van der Waals surface area contributed by atoms with Crippen molar-refractivity contribution in [3.05, 3.63) is 68.7 Å². The van der Waals surface area contributed by atoms with Gasteiger partial charge in [0, 0.05) is 23.2 Å². The van der Waals surface area contributed by atoms with E-state index in [1.54, 1.807) is 0 Å². The number of nitro benzene ring substituents is 1. The molecule has 0 atom stereocenters. The molecule has 20 heavy (non-hydrogen) atoms. The standard InChI is InChI=1S/C13H9ClF2N2O2/c14-9-4-5-11(10(15)6-9)17-7-8-2-1-3-12(13(8)16)18(19)20/h1-6,17H,7H2. The van der Waals surface area contributed by atoms with Gasteiger partial charge in [0.1, 0.15) is 5.82 Å². The molecule has 1 N–H and O–H groups in total. The lowest BCUT2D eigenvalue weighted by atomic mass is 10.1. The molecule has 0 aromatic heterocycles. The Morgan fingerprint density at radius 3 is 2.65 bits per heavy atom.